The van der Waals surface area contributed by atoms with E-state index in [-0.39, 0.29) is 0 Å². The monoisotopic (exact) mass is 460 g/mol. The van der Waals surface area contributed by atoms with Crippen molar-refractivity contribution in [1.29, 1.82) is 0 Å². The molecule has 33 heavy (non-hydrogen) atoms. The molecule has 0 saturated heterocycles. The number of nitrogens with one attached hydrogen (secondary N) is 1. The van der Waals surface area contributed by atoms with Gasteiger partial charge in [-0.15, -0.1) is 0 Å². The molecule has 0 unspecified atom stereocenters. The van der Waals surface area contributed by atoms with E-state index >= 15 is 0 Å². The molecule has 0 aliphatic heterocycles. The van der Waals surface area contributed by atoms with Crippen LogP contribution in [0, 0.1) is 0 Å². The third-order valence-corrected chi connectivity index (χ3v) is 7.17. The fourth-order valence-electron chi connectivity index (χ4n) is 4.36. The molecule has 0 radical (unpaired) electrons. The van der Waals surface area contributed by atoms with Crippen molar-refractivity contribution >= 4 is 23.2 Å². The molecule has 1 aliphatic carbocycles. The minimum Gasteiger partial charge on any atom is -0.497 e. The minimum atomic E-state index is 0.470. The van der Waals surface area contributed by atoms with E-state index < -0.39 is 0 Å². The lowest BCUT2D eigenvalue weighted by Gasteiger charge is -2.24. The molecule has 1 saturated carbocycles. The van der Waals surface area contributed by atoms with Crippen molar-refractivity contribution in [3.05, 3.63) is 61.1 Å². The average molecular weight is 461 g/mol. The predicted octanol–water partition coefficient (Wildman–Crippen LogP) is 6.31. The molecule has 4 aromatic rings. The lowest BCUT2D eigenvalue weighted by molar-refractivity contribution is 0.405. The second-order valence-corrected chi connectivity index (χ2v) is 9.35. The van der Waals surface area contributed by atoms with Crippen LogP contribution < -0.4 is 14.8 Å². The number of fused-ring (bicyclic) bond motifs is 1. The summed E-state index contributed by atoms with van der Waals surface area (Å²) >= 11 is 1.67. The van der Waals surface area contributed by atoms with Crippen LogP contribution in [-0.2, 0) is 0 Å². The zero-order chi connectivity index (χ0) is 22.6. The van der Waals surface area contributed by atoms with Crippen molar-refractivity contribution in [3.63, 3.8) is 0 Å². The second-order valence-electron chi connectivity index (χ2n) is 8.24. The lowest BCUT2D eigenvalue weighted by Crippen LogP contribution is -2.23. The van der Waals surface area contributed by atoms with E-state index in [1.54, 1.807) is 38.4 Å². The van der Waals surface area contributed by atoms with Crippen LogP contribution >= 0.6 is 11.8 Å². The van der Waals surface area contributed by atoms with E-state index in [4.69, 9.17) is 14.5 Å². The van der Waals surface area contributed by atoms with Crippen molar-refractivity contribution in [2.75, 3.05) is 19.5 Å². The van der Waals surface area contributed by atoms with Gasteiger partial charge in [-0.05, 0) is 49.2 Å². The number of imidazole rings is 1. The number of anilines is 1. The fraction of sp³-hybridized carbons (Fsp3) is 0.308. The molecular weight excluding hydrogens is 432 g/mol. The predicted molar refractivity (Wildman–Crippen MR) is 133 cm³/mol. The van der Waals surface area contributed by atoms with Gasteiger partial charge in [0.25, 0.3) is 0 Å². The Hall–Kier alpha value is -3.19. The van der Waals surface area contributed by atoms with Gasteiger partial charge >= 0.3 is 0 Å². The molecule has 0 atom stereocenters. The number of ether oxygens (including phenoxy) is 2. The van der Waals surface area contributed by atoms with Crippen LogP contribution in [0.1, 0.15) is 32.1 Å². The summed E-state index contributed by atoms with van der Waals surface area (Å²) in [6.07, 6.45) is 11.8. The van der Waals surface area contributed by atoms with E-state index in [9.17, 15) is 0 Å². The number of hydrogen-bond donors (Lipinski definition) is 1. The summed E-state index contributed by atoms with van der Waals surface area (Å²) in [5, 5.41) is 3.79. The minimum absolute atomic E-state index is 0.470. The molecule has 0 amide bonds. The van der Waals surface area contributed by atoms with Gasteiger partial charge in [-0.1, -0.05) is 37.1 Å². The van der Waals surface area contributed by atoms with Crippen molar-refractivity contribution in [2.24, 2.45) is 0 Å². The summed E-state index contributed by atoms with van der Waals surface area (Å²) in [5.74, 6) is 2.70. The van der Waals surface area contributed by atoms with E-state index in [0.29, 0.717) is 6.04 Å². The Bertz CT molecular complexity index is 1230. The first kappa shape index (κ1) is 21.6. The summed E-state index contributed by atoms with van der Waals surface area (Å²) < 4.78 is 13.1. The molecule has 2 aromatic heterocycles. The SMILES string of the molecule is COc1ccc(Sc2ccc(-c3nc4cnccn4c3NC3CCCCC3)cc2OC)cc1. The highest BCUT2D eigenvalue weighted by Gasteiger charge is 2.20. The Morgan fingerprint density at radius 1 is 1.00 bits per heavy atom. The third kappa shape index (κ3) is 4.64. The molecule has 5 rings (SSSR count). The first-order chi connectivity index (χ1) is 16.2. The maximum Gasteiger partial charge on any atom is 0.157 e. The molecule has 2 heterocycles. The van der Waals surface area contributed by atoms with Crippen LogP contribution in [0.4, 0.5) is 5.82 Å². The summed E-state index contributed by atoms with van der Waals surface area (Å²) in [6.45, 7) is 0. The van der Waals surface area contributed by atoms with Gasteiger partial charge in [-0.3, -0.25) is 9.38 Å². The van der Waals surface area contributed by atoms with Gasteiger partial charge < -0.3 is 14.8 Å². The number of hydrogen-bond acceptors (Lipinski definition) is 6. The van der Waals surface area contributed by atoms with Crippen molar-refractivity contribution < 1.29 is 9.47 Å². The first-order valence-electron chi connectivity index (χ1n) is 11.3. The van der Waals surface area contributed by atoms with Crippen LogP contribution in [0.2, 0.25) is 0 Å². The Kier molecular flexibility index (Phi) is 6.39. The van der Waals surface area contributed by atoms with E-state index in [1.165, 1.54) is 32.1 Å². The second kappa shape index (κ2) is 9.75. The molecule has 1 aliphatic rings. The molecule has 7 heteroatoms. The third-order valence-electron chi connectivity index (χ3n) is 6.10. The van der Waals surface area contributed by atoms with Gasteiger partial charge in [0.15, 0.2) is 5.65 Å². The zero-order valence-corrected chi connectivity index (χ0v) is 19.8. The standard InChI is InChI=1S/C26H28N4O2S/c1-31-20-9-11-21(12-10-20)33-23-13-8-18(16-22(23)32-2)25-26(28-19-6-4-3-5-7-19)30-15-14-27-17-24(30)29-25/h8-17,19,28H,3-7H2,1-2H3. The highest BCUT2D eigenvalue weighted by atomic mass is 32.2. The number of rotatable bonds is 7. The molecule has 0 bridgehead atoms. The summed E-state index contributed by atoms with van der Waals surface area (Å²) in [4.78, 5) is 11.4. The van der Waals surface area contributed by atoms with Crippen LogP contribution in [0.25, 0.3) is 16.9 Å². The van der Waals surface area contributed by atoms with Crippen LogP contribution in [0.5, 0.6) is 11.5 Å². The smallest absolute Gasteiger partial charge is 0.157 e. The van der Waals surface area contributed by atoms with Crippen LogP contribution in [-0.4, -0.2) is 34.6 Å². The van der Waals surface area contributed by atoms with Gasteiger partial charge in [-0.25, -0.2) is 4.98 Å². The summed E-state index contributed by atoms with van der Waals surface area (Å²) in [5.41, 5.74) is 2.78. The topological polar surface area (TPSA) is 60.7 Å². The average Bonchev–Trinajstić information content (AvgIpc) is 3.23. The van der Waals surface area contributed by atoms with Gasteiger partial charge in [0.05, 0.1) is 25.3 Å². The Morgan fingerprint density at radius 2 is 1.82 bits per heavy atom. The maximum absolute atomic E-state index is 5.78. The molecule has 170 valence electrons. The Balaban J connectivity index is 1.49. The fourth-order valence-corrected chi connectivity index (χ4v) is 5.26. The number of aromatic nitrogens is 3. The number of methoxy groups -OCH3 is 2. The molecule has 6 nitrogen and oxygen atoms in total. The summed E-state index contributed by atoms with van der Waals surface area (Å²) in [6, 6.07) is 14.8. The quantitative estimate of drug-likeness (QED) is 0.349. The number of nitrogens with zero attached hydrogens (tertiary/aromatic N) is 3. The van der Waals surface area contributed by atoms with Crippen LogP contribution in [0.3, 0.4) is 0 Å². The van der Waals surface area contributed by atoms with Gasteiger partial charge in [0.2, 0.25) is 0 Å². The van der Waals surface area contributed by atoms with Crippen molar-refractivity contribution in [2.45, 2.75) is 47.9 Å². The Morgan fingerprint density at radius 3 is 2.58 bits per heavy atom. The van der Waals surface area contributed by atoms with Gasteiger partial charge in [-0.2, -0.15) is 0 Å². The van der Waals surface area contributed by atoms with E-state index in [2.05, 4.69) is 45.0 Å². The largest absolute Gasteiger partial charge is 0.497 e. The highest BCUT2D eigenvalue weighted by Crippen LogP contribution is 2.39. The molecule has 2 aromatic carbocycles. The van der Waals surface area contributed by atoms with Crippen LogP contribution in [0.15, 0.2) is 70.8 Å². The van der Waals surface area contributed by atoms with Crippen molar-refractivity contribution in [1.82, 2.24) is 14.4 Å². The van der Waals surface area contributed by atoms with Crippen molar-refractivity contribution in [3.8, 4) is 22.8 Å². The lowest BCUT2D eigenvalue weighted by atomic mass is 9.95. The Labute approximate surface area is 198 Å². The number of benzene rings is 2. The highest BCUT2D eigenvalue weighted by molar-refractivity contribution is 7.99. The summed E-state index contributed by atoms with van der Waals surface area (Å²) in [7, 11) is 3.39. The molecule has 1 fully saturated rings. The maximum atomic E-state index is 5.78. The van der Waals surface area contributed by atoms with Gasteiger partial charge in [0, 0.05) is 28.9 Å². The molecule has 0 spiro atoms. The molecular formula is C26H28N4O2S. The normalized spacial score (nSPS) is 14.4. The van der Waals surface area contributed by atoms with E-state index in [1.807, 2.05) is 18.3 Å². The first-order valence-corrected chi connectivity index (χ1v) is 12.2. The zero-order valence-electron chi connectivity index (χ0n) is 19.0. The molecule has 1 N–H and O–H groups in total. The van der Waals surface area contributed by atoms with E-state index in [0.717, 1.165) is 44.0 Å². The van der Waals surface area contributed by atoms with Gasteiger partial charge in [0.1, 0.15) is 23.0 Å².